The summed E-state index contributed by atoms with van der Waals surface area (Å²) < 4.78 is 5.38. The fourth-order valence-electron chi connectivity index (χ4n) is 1.02. The first-order valence-electron chi connectivity index (χ1n) is 4.17. The Hall–Kier alpha value is 0.759. The van der Waals surface area contributed by atoms with Crippen LogP contribution >= 0.6 is 0 Å². The summed E-state index contributed by atoms with van der Waals surface area (Å²) in [5.41, 5.74) is 0. The van der Waals surface area contributed by atoms with Crippen molar-refractivity contribution in [2.24, 2.45) is 0 Å². The Labute approximate surface area is 78.2 Å². The SMILES string of the molecule is CCCCC(CCC)[O][Sn]. The van der Waals surface area contributed by atoms with Crippen LogP contribution in [0.5, 0.6) is 0 Å². The van der Waals surface area contributed by atoms with Crippen LogP contribution in [0.15, 0.2) is 0 Å². The molecule has 59 valence electrons. The van der Waals surface area contributed by atoms with E-state index >= 15 is 0 Å². The molecule has 2 heteroatoms. The maximum atomic E-state index is 5.38. The van der Waals surface area contributed by atoms with Crippen LogP contribution < -0.4 is 0 Å². The Morgan fingerprint density at radius 2 is 1.90 bits per heavy atom. The van der Waals surface area contributed by atoms with E-state index in [1.165, 1.54) is 55.0 Å². The van der Waals surface area contributed by atoms with Crippen molar-refractivity contribution in [2.45, 2.75) is 52.1 Å². The quantitative estimate of drug-likeness (QED) is 0.656. The molecule has 0 spiro atoms. The zero-order valence-electron chi connectivity index (χ0n) is 7.02. The zero-order chi connectivity index (χ0) is 7.82. The normalized spacial score (nSPS) is 13.5. The van der Waals surface area contributed by atoms with Crippen LogP contribution in [0.3, 0.4) is 0 Å². The van der Waals surface area contributed by atoms with Crippen molar-refractivity contribution in [3.05, 3.63) is 0 Å². The summed E-state index contributed by atoms with van der Waals surface area (Å²) in [4.78, 5) is 0. The molecule has 0 aromatic heterocycles. The van der Waals surface area contributed by atoms with Gasteiger partial charge in [-0.2, -0.15) is 0 Å². The molecule has 0 saturated carbocycles. The molecule has 0 saturated heterocycles. The van der Waals surface area contributed by atoms with Gasteiger partial charge in [-0.05, 0) is 0 Å². The van der Waals surface area contributed by atoms with E-state index in [-0.39, 0.29) is 0 Å². The van der Waals surface area contributed by atoms with Crippen molar-refractivity contribution in [1.82, 2.24) is 0 Å². The van der Waals surface area contributed by atoms with Gasteiger partial charge in [0, 0.05) is 0 Å². The van der Waals surface area contributed by atoms with Gasteiger partial charge in [-0.25, -0.2) is 0 Å². The molecule has 1 atom stereocenters. The fraction of sp³-hybridized carbons (Fsp3) is 1.00. The van der Waals surface area contributed by atoms with Gasteiger partial charge in [-0.15, -0.1) is 0 Å². The Bertz CT molecular complexity index is 66.3. The van der Waals surface area contributed by atoms with Gasteiger partial charge in [0.2, 0.25) is 0 Å². The minimum absolute atomic E-state index is 0.558. The van der Waals surface area contributed by atoms with Crippen LogP contribution in [0.4, 0.5) is 0 Å². The Morgan fingerprint density at radius 1 is 1.20 bits per heavy atom. The number of hydrogen-bond donors (Lipinski definition) is 0. The summed E-state index contributed by atoms with van der Waals surface area (Å²) in [5.74, 6) is 0. The molecule has 0 fully saturated rings. The first-order chi connectivity index (χ1) is 4.85. The van der Waals surface area contributed by atoms with E-state index in [9.17, 15) is 0 Å². The second-order valence-electron chi connectivity index (χ2n) is 2.67. The first-order valence-corrected chi connectivity index (χ1v) is 5.34. The summed E-state index contributed by atoms with van der Waals surface area (Å²) in [5, 5.41) is 0. The Balaban J connectivity index is 3.21. The first kappa shape index (κ1) is 10.8. The molecule has 0 N–H and O–H groups in total. The van der Waals surface area contributed by atoms with Gasteiger partial charge in [0.05, 0.1) is 0 Å². The van der Waals surface area contributed by atoms with Crippen molar-refractivity contribution in [1.29, 1.82) is 0 Å². The van der Waals surface area contributed by atoms with Gasteiger partial charge >= 0.3 is 78.1 Å². The standard InChI is InChI=1S/C8H17O.Sn/c1-3-5-7-8(9)6-4-2;/h8H,3-7H2,1-2H3;/q-1;+1. The number of hydrogen-bond acceptors (Lipinski definition) is 1. The van der Waals surface area contributed by atoms with E-state index < -0.39 is 0 Å². The van der Waals surface area contributed by atoms with Crippen LogP contribution in [0.2, 0.25) is 0 Å². The summed E-state index contributed by atoms with van der Waals surface area (Å²) in [6.07, 6.45) is 6.92. The Morgan fingerprint density at radius 3 is 2.30 bits per heavy atom. The third-order valence-electron chi connectivity index (χ3n) is 1.66. The molecule has 0 amide bonds. The van der Waals surface area contributed by atoms with Gasteiger partial charge in [-0.1, -0.05) is 0 Å². The molecule has 0 aliphatic heterocycles. The molecule has 0 bridgehead atoms. The van der Waals surface area contributed by atoms with Gasteiger partial charge in [-0.3, -0.25) is 0 Å². The van der Waals surface area contributed by atoms with E-state index in [0.29, 0.717) is 6.10 Å². The van der Waals surface area contributed by atoms with Crippen LogP contribution in [0.25, 0.3) is 0 Å². The molecule has 0 aliphatic carbocycles. The van der Waals surface area contributed by atoms with Gasteiger partial charge < -0.3 is 0 Å². The molecule has 10 heavy (non-hydrogen) atoms. The van der Waals surface area contributed by atoms with Gasteiger partial charge in [0.25, 0.3) is 0 Å². The summed E-state index contributed by atoms with van der Waals surface area (Å²) in [6, 6.07) is 0. The van der Waals surface area contributed by atoms with Crippen LogP contribution in [0.1, 0.15) is 46.0 Å². The average Bonchev–Trinajstić information content (AvgIpc) is 1.98. The van der Waals surface area contributed by atoms with Gasteiger partial charge in [0.15, 0.2) is 0 Å². The average molecular weight is 248 g/mol. The zero-order valence-corrected chi connectivity index (χ0v) is 9.88. The number of unbranched alkanes of at least 4 members (excludes halogenated alkanes) is 1. The maximum absolute atomic E-state index is 5.38. The molecule has 0 rings (SSSR count). The molecular weight excluding hydrogens is 231 g/mol. The summed E-state index contributed by atoms with van der Waals surface area (Å²) in [7, 11) is 0. The third kappa shape index (κ3) is 5.54. The van der Waals surface area contributed by atoms with E-state index in [2.05, 4.69) is 13.8 Å². The van der Waals surface area contributed by atoms with Gasteiger partial charge in [0.1, 0.15) is 0 Å². The van der Waals surface area contributed by atoms with E-state index in [0.717, 1.165) is 0 Å². The van der Waals surface area contributed by atoms with Crippen molar-refractivity contribution in [3.8, 4) is 0 Å². The van der Waals surface area contributed by atoms with Crippen molar-refractivity contribution in [2.75, 3.05) is 0 Å². The Kier molecular flexibility index (Phi) is 8.46. The molecule has 1 nitrogen and oxygen atoms in total. The van der Waals surface area contributed by atoms with Crippen molar-refractivity contribution in [3.63, 3.8) is 0 Å². The molecule has 0 heterocycles. The second kappa shape index (κ2) is 7.86. The monoisotopic (exact) mass is 249 g/mol. The molecule has 0 aliphatic rings. The van der Waals surface area contributed by atoms with Crippen molar-refractivity contribution < 1.29 is 3.07 Å². The summed E-state index contributed by atoms with van der Waals surface area (Å²) in [6.45, 7) is 4.44. The molecule has 3 radical (unpaired) electrons. The molecule has 0 aromatic rings. The molecule has 1 unspecified atom stereocenters. The van der Waals surface area contributed by atoms with E-state index in [1.54, 1.807) is 0 Å². The molecular formula is C8H17OSn. The summed E-state index contributed by atoms with van der Waals surface area (Å²) >= 11 is 1.22. The second-order valence-corrected chi connectivity index (χ2v) is 3.34. The van der Waals surface area contributed by atoms with Crippen LogP contribution in [-0.4, -0.2) is 29.0 Å². The van der Waals surface area contributed by atoms with E-state index in [4.69, 9.17) is 3.07 Å². The minimum atomic E-state index is 0.558. The predicted molar refractivity (Wildman–Crippen MR) is 45.1 cm³/mol. The molecule has 0 aromatic carbocycles. The number of rotatable bonds is 6. The third-order valence-corrected chi connectivity index (χ3v) is 2.61. The predicted octanol–water partition coefficient (Wildman–Crippen LogP) is 2.45. The van der Waals surface area contributed by atoms with Crippen LogP contribution in [0, 0.1) is 0 Å². The van der Waals surface area contributed by atoms with Crippen LogP contribution in [-0.2, 0) is 3.07 Å². The topological polar surface area (TPSA) is 9.23 Å². The van der Waals surface area contributed by atoms with Crippen molar-refractivity contribution >= 4 is 22.9 Å². The van der Waals surface area contributed by atoms with E-state index in [1.807, 2.05) is 0 Å². The fourth-order valence-corrected chi connectivity index (χ4v) is 1.69.